The molecule has 0 bridgehead atoms. The van der Waals surface area contributed by atoms with Gasteiger partial charge in [-0.05, 0) is 58.7 Å². The van der Waals surface area contributed by atoms with Gasteiger partial charge in [-0.2, -0.15) is 0 Å². The van der Waals surface area contributed by atoms with Gasteiger partial charge in [-0.1, -0.05) is 12.1 Å². The van der Waals surface area contributed by atoms with Crippen molar-refractivity contribution in [2.24, 2.45) is 0 Å². The van der Waals surface area contributed by atoms with Gasteiger partial charge < -0.3 is 20.1 Å². The fourth-order valence-corrected chi connectivity index (χ4v) is 2.98. The monoisotopic (exact) mass is 352 g/mol. The maximum Gasteiger partial charge on any atom is 0.407 e. The maximum atomic E-state index is 13.4. The second-order valence-corrected chi connectivity index (χ2v) is 7.45. The smallest absolute Gasteiger partial charge is 0.407 e. The van der Waals surface area contributed by atoms with Gasteiger partial charge in [-0.15, -0.1) is 0 Å². The highest BCUT2D eigenvalue weighted by molar-refractivity contribution is 5.68. The standard InChI is InChI=1S/C19H29FN2O3/c1-6-24-16-11-15(22-18(23)25-19(3,4)5)17(16)21-12(2)13-8-7-9-14(20)10-13/h7-10,12,15-17,21H,6,11H2,1-5H3,(H,22,23). The Balaban J connectivity index is 1.98. The van der Waals surface area contributed by atoms with E-state index < -0.39 is 11.7 Å². The van der Waals surface area contributed by atoms with E-state index in [9.17, 15) is 9.18 Å². The lowest BCUT2D eigenvalue weighted by molar-refractivity contribution is -0.0462. The van der Waals surface area contributed by atoms with Gasteiger partial charge in [0.15, 0.2) is 0 Å². The van der Waals surface area contributed by atoms with E-state index in [0.29, 0.717) is 6.61 Å². The van der Waals surface area contributed by atoms with Gasteiger partial charge in [0.25, 0.3) is 0 Å². The van der Waals surface area contributed by atoms with Crippen LogP contribution in [-0.4, -0.2) is 36.5 Å². The van der Waals surface area contributed by atoms with Crippen LogP contribution in [0.3, 0.4) is 0 Å². The summed E-state index contributed by atoms with van der Waals surface area (Å²) in [5.74, 6) is -0.260. The molecule has 1 amide bonds. The summed E-state index contributed by atoms with van der Waals surface area (Å²) in [5.41, 5.74) is 0.323. The number of amides is 1. The lowest BCUT2D eigenvalue weighted by Gasteiger charge is -2.46. The predicted octanol–water partition coefficient (Wildman–Crippen LogP) is 3.55. The first-order chi connectivity index (χ1) is 11.7. The Labute approximate surface area is 149 Å². The minimum Gasteiger partial charge on any atom is -0.444 e. The molecule has 6 heteroatoms. The van der Waals surface area contributed by atoms with Crippen LogP contribution in [0.25, 0.3) is 0 Å². The summed E-state index contributed by atoms with van der Waals surface area (Å²) in [6.07, 6.45) is 0.305. The van der Waals surface area contributed by atoms with E-state index in [4.69, 9.17) is 9.47 Å². The van der Waals surface area contributed by atoms with E-state index in [1.54, 1.807) is 6.07 Å². The summed E-state index contributed by atoms with van der Waals surface area (Å²) < 4.78 is 24.5. The Morgan fingerprint density at radius 3 is 2.72 bits per heavy atom. The molecule has 1 saturated carbocycles. The van der Waals surface area contributed by atoms with Crippen LogP contribution < -0.4 is 10.6 Å². The summed E-state index contributed by atoms with van der Waals surface area (Å²) in [7, 11) is 0. The number of alkyl carbamates (subject to hydrolysis) is 1. The average molecular weight is 352 g/mol. The molecule has 2 rings (SSSR count). The lowest BCUT2D eigenvalue weighted by atomic mass is 9.82. The molecule has 140 valence electrons. The Bertz CT molecular complexity index is 588. The van der Waals surface area contributed by atoms with Crippen LogP contribution in [0.2, 0.25) is 0 Å². The van der Waals surface area contributed by atoms with Crippen LogP contribution in [0.4, 0.5) is 9.18 Å². The van der Waals surface area contributed by atoms with Gasteiger partial charge >= 0.3 is 6.09 Å². The molecule has 0 radical (unpaired) electrons. The zero-order valence-electron chi connectivity index (χ0n) is 15.6. The fraction of sp³-hybridized carbons (Fsp3) is 0.632. The third kappa shape index (κ3) is 5.68. The van der Waals surface area contributed by atoms with Crippen molar-refractivity contribution in [1.82, 2.24) is 10.6 Å². The maximum absolute atomic E-state index is 13.4. The van der Waals surface area contributed by atoms with E-state index in [1.807, 2.05) is 40.7 Å². The minimum atomic E-state index is -0.537. The minimum absolute atomic E-state index is 0.0148. The second-order valence-electron chi connectivity index (χ2n) is 7.45. The number of carbonyl (C=O) groups excluding carboxylic acids is 1. The Hall–Kier alpha value is -1.66. The number of hydrogen-bond acceptors (Lipinski definition) is 4. The van der Waals surface area contributed by atoms with Crippen LogP contribution in [-0.2, 0) is 9.47 Å². The zero-order valence-corrected chi connectivity index (χ0v) is 15.6. The number of hydrogen-bond donors (Lipinski definition) is 2. The van der Waals surface area contributed by atoms with Crippen LogP contribution >= 0.6 is 0 Å². The molecule has 25 heavy (non-hydrogen) atoms. The highest BCUT2D eigenvalue weighted by atomic mass is 19.1. The zero-order chi connectivity index (χ0) is 18.6. The molecule has 0 saturated heterocycles. The molecule has 0 aliphatic heterocycles. The highest BCUT2D eigenvalue weighted by Crippen LogP contribution is 2.28. The number of nitrogens with one attached hydrogen (secondary N) is 2. The van der Waals surface area contributed by atoms with Crippen molar-refractivity contribution in [3.63, 3.8) is 0 Å². The van der Waals surface area contributed by atoms with Gasteiger partial charge in [0.2, 0.25) is 0 Å². The first-order valence-corrected chi connectivity index (χ1v) is 8.82. The molecule has 2 N–H and O–H groups in total. The number of benzene rings is 1. The fourth-order valence-electron chi connectivity index (χ4n) is 2.98. The molecule has 1 aromatic rings. The quantitative estimate of drug-likeness (QED) is 0.822. The van der Waals surface area contributed by atoms with Crippen LogP contribution in [0.15, 0.2) is 24.3 Å². The van der Waals surface area contributed by atoms with Gasteiger partial charge in [0.05, 0.1) is 18.2 Å². The number of halogens is 1. The van der Waals surface area contributed by atoms with Gasteiger partial charge in [-0.25, -0.2) is 9.18 Å². The number of ether oxygens (including phenoxy) is 2. The Kier molecular flexibility index (Phi) is 6.41. The Morgan fingerprint density at radius 1 is 1.40 bits per heavy atom. The Morgan fingerprint density at radius 2 is 2.12 bits per heavy atom. The van der Waals surface area contributed by atoms with Gasteiger partial charge in [0, 0.05) is 12.6 Å². The summed E-state index contributed by atoms with van der Waals surface area (Å²) in [6.45, 7) is 10.0. The second kappa shape index (κ2) is 8.15. The average Bonchev–Trinajstić information content (AvgIpc) is 2.49. The van der Waals surface area contributed by atoms with Crippen LogP contribution in [0.5, 0.6) is 0 Å². The SMILES string of the molecule is CCOC1CC(NC(=O)OC(C)(C)C)C1NC(C)c1cccc(F)c1. The molecular formula is C19H29FN2O3. The van der Waals surface area contributed by atoms with E-state index in [1.165, 1.54) is 12.1 Å². The van der Waals surface area contributed by atoms with Crippen molar-refractivity contribution >= 4 is 6.09 Å². The topological polar surface area (TPSA) is 59.6 Å². The van der Waals surface area contributed by atoms with Crippen molar-refractivity contribution in [3.8, 4) is 0 Å². The molecule has 4 atom stereocenters. The highest BCUT2D eigenvalue weighted by Gasteiger charge is 2.43. The molecule has 1 fully saturated rings. The van der Waals surface area contributed by atoms with Gasteiger partial charge in [-0.3, -0.25) is 0 Å². The molecule has 1 aliphatic rings. The number of carbonyl (C=O) groups is 1. The summed E-state index contributed by atoms with van der Waals surface area (Å²) in [6, 6.07) is 6.32. The first kappa shape index (κ1) is 19.7. The van der Waals surface area contributed by atoms with E-state index >= 15 is 0 Å². The van der Waals surface area contributed by atoms with Crippen LogP contribution in [0, 0.1) is 5.82 Å². The first-order valence-electron chi connectivity index (χ1n) is 8.82. The normalized spacial score (nSPS) is 24.3. The molecule has 1 aromatic carbocycles. The van der Waals surface area contributed by atoms with Crippen molar-refractivity contribution in [2.75, 3.05) is 6.61 Å². The summed E-state index contributed by atoms with van der Waals surface area (Å²) in [5, 5.41) is 6.35. The van der Waals surface area contributed by atoms with Gasteiger partial charge in [0.1, 0.15) is 11.4 Å². The largest absolute Gasteiger partial charge is 0.444 e. The van der Waals surface area contributed by atoms with Crippen molar-refractivity contribution in [1.29, 1.82) is 0 Å². The van der Waals surface area contributed by atoms with Crippen molar-refractivity contribution in [3.05, 3.63) is 35.6 Å². The molecule has 0 aromatic heterocycles. The van der Waals surface area contributed by atoms with Crippen LogP contribution in [0.1, 0.15) is 52.6 Å². The van der Waals surface area contributed by atoms with E-state index in [0.717, 1.165) is 12.0 Å². The van der Waals surface area contributed by atoms with Crippen molar-refractivity contribution < 1.29 is 18.7 Å². The lowest BCUT2D eigenvalue weighted by Crippen LogP contribution is -2.66. The molecular weight excluding hydrogens is 323 g/mol. The summed E-state index contributed by atoms with van der Waals surface area (Å²) >= 11 is 0. The van der Waals surface area contributed by atoms with Crippen molar-refractivity contribution in [2.45, 2.75) is 70.9 Å². The molecule has 1 aliphatic carbocycles. The molecule has 0 spiro atoms. The van der Waals surface area contributed by atoms with E-state index in [-0.39, 0.29) is 30.0 Å². The molecule has 5 nitrogen and oxygen atoms in total. The molecule has 4 unspecified atom stereocenters. The third-order valence-electron chi connectivity index (χ3n) is 4.19. The summed E-state index contributed by atoms with van der Waals surface area (Å²) in [4.78, 5) is 12.0. The number of rotatable bonds is 6. The van der Waals surface area contributed by atoms with E-state index in [2.05, 4.69) is 10.6 Å². The third-order valence-corrected chi connectivity index (χ3v) is 4.19. The predicted molar refractivity (Wildman–Crippen MR) is 94.9 cm³/mol. The molecule has 0 heterocycles.